The first-order valence-electron chi connectivity index (χ1n) is 12.0. The van der Waals surface area contributed by atoms with Crippen molar-refractivity contribution in [2.24, 2.45) is 0 Å². The van der Waals surface area contributed by atoms with Crippen LogP contribution in [0, 0.1) is 11.3 Å². The number of hydrogen-bond donors (Lipinski definition) is 3. The number of aromatic nitrogens is 2. The topological polar surface area (TPSA) is 128 Å². The fraction of sp³-hybridized carbons (Fsp3) is 0.133. The van der Waals surface area contributed by atoms with Crippen LogP contribution in [0.3, 0.4) is 0 Å². The number of carbonyl (C=O) groups is 1. The van der Waals surface area contributed by atoms with E-state index in [1.807, 2.05) is 36.4 Å². The van der Waals surface area contributed by atoms with Crippen molar-refractivity contribution in [3.8, 4) is 22.9 Å². The van der Waals surface area contributed by atoms with Gasteiger partial charge in [-0.1, -0.05) is 54.1 Å². The molecule has 0 unspecified atom stereocenters. The normalized spacial score (nSPS) is 11.7. The number of aliphatic carboxylic acids is 1. The summed E-state index contributed by atoms with van der Waals surface area (Å²) in [4.78, 5) is 19.8. The van der Waals surface area contributed by atoms with Crippen molar-refractivity contribution in [2.75, 3.05) is 6.61 Å². The lowest BCUT2D eigenvalue weighted by Gasteiger charge is -2.17. The number of rotatable bonds is 11. The van der Waals surface area contributed by atoms with Gasteiger partial charge < -0.3 is 14.9 Å². The van der Waals surface area contributed by atoms with Gasteiger partial charge in [-0.3, -0.25) is 20.1 Å². The van der Waals surface area contributed by atoms with Crippen molar-refractivity contribution in [1.29, 1.82) is 5.26 Å². The van der Waals surface area contributed by atoms with Gasteiger partial charge in [0.1, 0.15) is 24.5 Å². The molecule has 196 valence electrons. The second-order valence-corrected chi connectivity index (χ2v) is 8.92. The van der Waals surface area contributed by atoms with E-state index in [1.54, 1.807) is 55.0 Å². The Morgan fingerprint density at radius 1 is 1.13 bits per heavy atom. The molecule has 0 spiro atoms. The van der Waals surface area contributed by atoms with E-state index in [9.17, 15) is 20.3 Å². The van der Waals surface area contributed by atoms with Crippen LogP contribution in [0.4, 0.5) is 0 Å². The maximum Gasteiger partial charge on any atom is 0.323 e. The molecule has 4 aromatic rings. The van der Waals surface area contributed by atoms with Crippen LogP contribution >= 0.6 is 11.6 Å². The Hall–Kier alpha value is -4.55. The van der Waals surface area contributed by atoms with Crippen molar-refractivity contribution in [1.82, 2.24) is 15.3 Å². The summed E-state index contributed by atoms with van der Waals surface area (Å²) in [7, 11) is 0. The van der Waals surface area contributed by atoms with E-state index in [-0.39, 0.29) is 13.2 Å². The monoisotopic (exact) mass is 540 g/mol. The number of benzene rings is 2. The summed E-state index contributed by atoms with van der Waals surface area (Å²) in [5.74, 6) is -0.691. The molecule has 4 rings (SSSR count). The third-order valence-electron chi connectivity index (χ3n) is 5.91. The molecule has 1 atom stereocenters. The van der Waals surface area contributed by atoms with Crippen molar-refractivity contribution in [3.63, 3.8) is 0 Å². The van der Waals surface area contributed by atoms with Crippen LogP contribution in [0.2, 0.25) is 5.02 Å². The minimum Gasteiger partial charge on any atom is -0.488 e. The van der Waals surface area contributed by atoms with E-state index < -0.39 is 18.6 Å². The molecule has 0 aliphatic heterocycles. The Morgan fingerprint density at radius 2 is 1.95 bits per heavy atom. The predicted molar refractivity (Wildman–Crippen MR) is 149 cm³/mol. The fourth-order valence-corrected chi connectivity index (χ4v) is 4.12. The number of nitrogens with zero attached hydrogens (tertiary/aromatic N) is 3. The highest BCUT2D eigenvalue weighted by molar-refractivity contribution is 6.32. The molecule has 8 nitrogen and oxygen atoms in total. The molecular weight excluding hydrogens is 516 g/mol. The Bertz CT molecular complexity index is 1510. The quantitative estimate of drug-likeness (QED) is 0.244. The number of aliphatic hydroxyl groups excluding tert-OH is 1. The maximum atomic E-state index is 11.3. The lowest BCUT2D eigenvalue weighted by molar-refractivity contribution is -0.140. The third kappa shape index (κ3) is 7.06. The van der Waals surface area contributed by atoms with Gasteiger partial charge in [0, 0.05) is 46.8 Å². The highest BCUT2D eigenvalue weighted by Gasteiger charge is 2.17. The predicted octanol–water partition coefficient (Wildman–Crippen LogP) is 4.95. The number of nitrogens with one attached hydrogen (secondary N) is 1. The van der Waals surface area contributed by atoms with Gasteiger partial charge in [-0.05, 0) is 41.5 Å². The number of halogens is 1. The lowest BCUT2D eigenvalue weighted by Crippen LogP contribution is -2.39. The van der Waals surface area contributed by atoms with Crippen LogP contribution in [0.1, 0.15) is 27.9 Å². The number of carboxylic acid groups (broad SMARTS) is 1. The van der Waals surface area contributed by atoms with Crippen LogP contribution in [0.5, 0.6) is 5.75 Å². The highest BCUT2D eigenvalue weighted by Crippen LogP contribution is 2.31. The average molecular weight is 541 g/mol. The number of pyridine rings is 2. The molecule has 0 saturated heterocycles. The van der Waals surface area contributed by atoms with Gasteiger partial charge in [0.25, 0.3) is 0 Å². The molecule has 0 aliphatic rings. The number of aliphatic hydroxyl groups is 1. The molecular formula is C30H25ClN4O4. The van der Waals surface area contributed by atoms with E-state index in [0.29, 0.717) is 33.2 Å². The summed E-state index contributed by atoms with van der Waals surface area (Å²) in [6, 6.07) is 19.6. The number of nitriles is 1. The Morgan fingerprint density at radius 3 is 2.64 bits per heavy atom. The highest BCUT2D eigenvalue weighted by atomic mass is 35.5. The van der Waals surface area contributed by atoms with Gasteiger partial charge in [0.2, 0.25) is 0 Å². The van der Waals surface area contributed by atoms with Crippen molar-refractivity contribution in [3.05, 3.63) is 112 Å². The average Bonchev–Trinajstić information content (AvgIpc) is 2.97. The number of hydrogen-bond acceptors (Lipinski definition) is 7. The third-order valence-corrected chi connectivity index (χ3v) is 6.24. The molecule has 9 heteroatoms. The lowest BCUT2D eigenvalue weighted by atomic mass is 9.99. The molecule has 0 fully saturated rings. The van der Waals surface area contributed by atoms with Gasteiger partial charge in [0.05, 0.1) is 17.9 Å². The molecule has 2 aromatic heterocycles. The Labute approximate surface area is 230 Å². The number of ether oxygens (including phenoxy) is 1. The molecule has 0 amide bonds. The zero-order valence-corrected chi connectivity index (χ0v) is 21.5. The van der Waals surface area contributed by atoms with E-state index in [0.717, 1.165) is 16.7 Å². The fourth-order valence-electron chi connectivity index (χ4n) is 3.87. The summed E-state index contributed by atoms with van der Waals surface area (Å²) in [5, 5.41) is 31.7. The Kier molecular flexibility index (Phi) is 9.38. The Balaban J connectivity index is 1.66. The first-order chi connectivity index (χ1) is 19.0. The molecule has 0 aliphatic carbocycles. The van der Waals surface area contributed by atoms with E-state index in [1.165, 1.54) is 0 Å². The molecule has 0 radical (unpaired) electrons. The van der Waals surface area contributed by atoms with Gasteiger partial charge in [0.15, 0.2) is 0 Å². The second kappa shape index (κ2) is 13.3. The van der Waals surface area contributed by atoms with Crippen molar-refractivity contribution in [2.45, 2.75) is 19.2 Å². The zero-order chi connectivity index (χ0) is 27.6. The van der Waals surface area contributed by atoms with Crippen molar-refractivity contribution < 1.29 is 19.7 Å². The first kappa shape index (κ1) is 27.5. The minimum atomic E-state index is -1.17. The molecule has 0 bridgehead atoms. The van der Waals surface area contributed by atoms with E-state index >= 15 is 0 Å². The van der Waals surface area contributed by atoms with Crippen LogP contribution in [0.15, 0.2) is 79.3 Å². The van der Waals surface area contributed by atoms with Crippen molar-refractivity contribution >= 4 is 29.7 Å². The van der Waals surface area contributed by atoms with Gasteiger partial charge in [-0.15, -0.1) is 0 Å². The summed E-state index contributed by atoms with van der Waals surface area (Å²) < 4.78 is 6.07. The van der Waals surface area contributed by atoms with E-state index in [2.05, 4.69) is 21.4 Å². The van der Waals surface area contributed by atoms with Crippen LogP contribution in [-0.2, 0) is 17.9 Å². The molecule has 2 aromatic carbocycles. The van der Waals surface area contributed by atoms with Gasteiger partial charge in [-0.25, -0.2) is 0 Å². The summed E-state index contributed by atoms with van der Waals surface area (Å²) in [6.07, 6.45) is 8.49. The van der Waals surface area contributed by atoms with Crippen LogP contribution in [-0.4, -0.2) is 38.8 Å². The summed E-state index contributed by atoms with van der Waals surface area (Å²) in [6.45, 7) is -0.234. The zero-order valence-electron chi connectivity index (χ0n) is 20.8. The molecule has 2 heterocycles. The molecule has 39 heavy (non-hydrogen) atoms. The van der Waals surface area contributed by atoms with Gasteiger partial charge in [-0.2, -0.15) is 5.26 Å². The molecule has 0 saturated carbocycles. The van der Waals surface area contributed by atoms with E-state index in [4.69, 9.17) is 16.3 Å². The van der Waals surface area contributed by atoms with Crippen LogP contribution < -0.4 is 10.1 Å². The van der Waals surface area contributed by atoms with Crippen LogP contribution in [0.25, 0.3) is 23.3 Å². The first-order valence-corrected chi connectivity index (χ1v) is 12.4. The smallest absolute Gasteiger partial charge is 0.323 e. The summed E-state index contributed by atoms with van der Waals surface area (Å²) >= 11 is 6.60. The summed E-state index contributed by atoms with van der Waals surface area (Å²) in [5.41, 5.74) is 4.70. The largest absolute Gasteiger partial charge is 0.488 e. The maximum absolute atomic E-state index is 11.3. The molecule has 3 N–H and O–H groups in total. The van der Waals surface area contributed by atoms with Gasteiger partial charge >= 0.3 is 5.97 Å². The minimum absolute atomic E-state index is 0.100. The SMILES string of the molecule is N#Cc1c(-c2ccccc2)ccnc1C=Cc1cc(OCc2cccnc2)c(CN[C@@H](CO)C(=O)O)cc1Cl. The number of carboxylic acids is 1. The second-order valence-electron chi connectivity index (χ2n) is 8.52. The standard InChI is InChI=1S/C30H25ClN4O4/c31-26-13-23(17-35-28(18-36)30(37)38)29(39-19-20-5-4-11-33-16-20)14-22(26)8-9-27-25(15-32)24(10-12-34-27)21-6-2-1-3-7-21/h1-14,16,28,35-36H,17-19H2,(H,37,38)/t28-/m0/s1.